The number of thioether (sulfide) groups is 1. The lowest BCUT2D eigenvalue weighted by molar-refractivity contribution is 0.572. The number of hydrogen-bond donors (Lipinski definition) is 1. The molecule has 1 atom stereocenters. The van der Waals surface area contributed by atoms with Crippen LogP contribution in [0.15, 0.2) is 24.5 Å². The van der Waals surface area contributed by atoms with E-state index < -0.39 is 0 Å². The minimum Gasteiger partial charge on any atom is -0.310 e. The Morgan fingerprint density at radius 2 is 2.13 bits per heavy atom. The smallest absolute Gasteiger partial charge is 0.0292 e. The van der Waals surface area contributed by atoms with Gasteiger partial charge in [-0.15, -0.1) is 0 Å². The first-order chi connectivity index (χ1) is 7.34. The van der Waals surface area contributed by atoms with Gasteiger partial charge in [0.15, 0.2) is 0 Å². The summed E-state index contributed by atoms with van der Waals surface area (Å²) in [4.78, 5) is 4.02. The van der Waals surface area contributed by atoms with Crippen LogP contribution in [0, 0.1) is 0 Å². The van der Waals surface area contributed by atoms with Crippen LogP contribution >= 0.6 is 11.8 Å². The van der Waals surface area contributed by atoms with Crippen molar-refractivity contribution in [3.63, 3.8) is 0 Å². The normalized spacial score (nSPS) is 12.7. The first-order valence-corrected chi connectivity index (χ1v) is 6.71. The van der Waals surface area contributed by atoms with Gasteiger partial charge in [0.2, 0.25) is 0 Å². The molecule has 0 amide bonds. The second-order valence-electron chi connectivity index (χ2n) is 3.51. The van der Waals surface area contributed by atoms with E-state index in [-0.39, 0.29) is 0 Å². The summed E-state index contributed by atoms with van der Waals surface area (Å²) in [6, 6.07) is 4.57. The van der Waals surface area contributed by atoms with Crippen LogP contribution in [0.25, 0.3) is 0 Å². The minimum absolute atomic E-state index is 0.430. The third kappa shape index (κ3) is 5.19. The van der Waals surface area contributed by atoms with Crippen LogP contribution < -0.4 is 5.32 Å². The van der Waals surface area contributed by atoms with Gasteiger partial charge >= 0.3 is 0 Å². The average Bonchev–Trinajstić information content (AvgIpc) is 2.30. The zero-order chi connectivity index (χ0) is 10.9. The topological polar surface area (TPSA) is 24.9 Å². The number of hydrogen-bond acceptors (Lipinski definition) is 3. The average molecular weight is 224 g/mol. The van der Waals surface area contributed by atoms with Crippen molar-refractivity contribution in [1.82, 2.24) is 10.3 Å². The molecule has 15 heavy (non-hydrogen) atoms. The Morgan fingerprint density at radius 1 is 1.40 bits per heavy atom. The van der Waals surface area contributed by atoms with E-state index >= 15 is 0 Å². The van der Waals surface area contributed by atoms with Crippen LogP contribution in [0.4, 0.5) is 0 Å². The van der Waals surface area contributed by atoms with Gasteiger partial charge in [0, 0.05) is 18.4 Å². The maximum absolute atomic E-state index is 4.02. The summed E-state index contributed by atoms with van der Waals surface area (Å²) in [6.45, 7) is 5.50. The Hall–Kier alpha value is -0.540. The van der Waals surface area contributed by atoms with E-state index in [4.69, 9.17) is 0 Å². The number of nitrogens with zero attached hydrogens (tertiary/aromatic N) is 1. The predicted octanol–water partition coefficient (Wildman–Crippen LogP) is 2.88. The quantitative estimate of drug-likeness (QED) is 0.721. The Labute approximate surface area is 96.9 Å². The van der Waals surface area contributed by atoms with Crippen molar-refractivity contribution in [3.8, 4) is 0 Å². The monoisotopic (exact) mass is 224 g/mol. The first kappa shape index (κ1) is 12.5. The third-order valence-corrected chi connectivity index (χ3v) is 3.31. The van der Waals surface area contributed by atoms with Crippen molar-refractivity contribution in [2.24, 2.45) is 0 Å². The SMILES string of the molecule is CCSCCCN[C@H](C)c1ccncc1. The fourth-order valence-corrected chi connectivity index (χ4v) is 2.04. The molecule has 1 aromatic rings. The molecule has 0 aliphatic rings. The molecule has 0 bridgehead atoms. The van der Waals surface area contributed by atoms with E-state index in [0.29, 0.717) is 6.04 Å². The first-order valence-electron chi connectivity index (χ1n) is 5.55. The number of rotatable bonds is 7. The fourth-order valence-electron chi connectivity index (χ4n) is 1.41. The zero-order valence-corrected chi connectivity index (χ0v) is 10.4. The van der Waals surface area contributed by atoms with Gasteiger partial charge in [-0.25, -0.2) is 0 Å². The lowest BCUT2D eigenvalue weighted by Gasteiger charge is -2.13. The molecule has 0 saturated carbocycles. The maximum atomic E-state index is 4.02. The highest BCUT2D eigenvalue weighted by molar-refractivity contribution is 7.99. The molecule has 0 radical (unpaired) electrons. The van der Waals surface area contributed by atoms with Crippen molar-refractivity contribution >= 4 is 11.8 Å². The van der Waals surface area contributed by atoms with Gasteiger partial charge in [0.05, 0.1) is 0 Å². The number of pyridine rings is 1. The molecule has 0 aliphatic heterocycles. The zero-order valence-electron chi connectivity index (χ0n) is 9.57. The summed E-state index contributed by atoms with van der Waals surface area (Å²) in [7, 11) is 0. The lowest BCUT2D eigenvalue weighted by Crippen LogP contribution is -2.20. The summed E-state index contributed by atoms with van der Waals surface area (Å²) in [5.74, 6) is 2.48. The van der Waals surface area contributed by atoms with E-state index in [2.05, 4.69) is 36.3 Å². The van der Waals surface area contributed by atoms with E-state index in [1.54, 1.807) is 0 Å². The lowest BCUT2D eigenvalue weighted by atomic mass is 10.1. The Balaban J connectivity index is 2.16. The third-order valence-electron chi connectivity index (χ3n) is 2.33. The van der Waals surface area contributed by atoms with Crippen LogP contribution in [0.5, 0.6) is 0 Å². The van der Waals surface area contributed by atoms with Crippen LogP contribution in [0.3, 0.4) is 0 Å². The molecular formula is C12H20N2S. The Morgan fingerprint density at radius 3 is 2.80 bits per heavy atom. The van der Waals surface area contributed by atoms with Crippen molar-refractivity contribution in [2.45, 2.75) is 26.3 Å². The van der Waals surface area contributed by atoms with Crippen LogP contribution in [-0.2, 0) is 0 Å². The van der Waals surface area contributed by atoms with Crippen molar-refractivity contribution in [1.29, 1.82) is 0 Å². The highest BCUT2D eigenvalue weighted by Gasteiger charge is 2.02. The highest BCUT2D eigenvalue weighted by atomic mass is 32.2. The molecule has 0 unspecified atom stereocenters. The van der Waals surface area contributed by atoms with E-state index in [9.17, 15) is 0 Å². The van der Waals surface area contributed by atoms with Gasteiger partial charge in [0.1, 0.15) is 0 Å². The molecule has 1 rings (SSSR count). The molecular weight excluding hydrogens is 204 g/mol. The standard InChI is InChI=1S/C12H20N2S/c1-3-15-10-4-7-14-11(2)12-5-8-13-9-6-12/h5-6,8-9,11,14H,3-4,7,10H2,1-2H3/t11-/m1/s1. The van der Waals surface area contributed by atoms with E-state index in [0.717, 1.165) is 6.54 Å². The van der Waals surface area contributed by atoms with Gasteiger partial charge < -0.3 is 5.32 Å². The van der Waals surface area contributed by atoms with Crippen LogP contribution in [-0.4, -0.2) is 23.0 Å². The summed E-state index contributed by atoms with van der Waals surface area (Å²) in [5.41, 5.74) is 1.31. The summed E-state index contributed by atoms with van der Waals surface area (Å²) >= 11 is 2.01. The summed E-state index contributed by atoms with van der Waals surface area (Å²) in [6.07, 6.45) is 4.94. The summed E-state index contributed by atoms with van der Waals surface area (Å²) in [5, 5.41) is 3.52. The van der Waals surface area contributed by atoms with Gasteiger partial charge in [-0.1, -0.05) is 6.92 Å². The molecule has 0 aromatic carbocycles. The van der Waals surface area contributed by atoms with E-state index in [1.165, 1.54) is 23.5 Å². The largest absolute Gasteiger partial charge is 0.310 e. The second-order valence-corrected chi connectivity index (χ2v) is 4.90. The van der Waals surface area contributed by atoms with Crippen LogP contribution in [0.1, 0.15) is 31.9 Å². The van der Waals surface area contributed by atoms with Crippen molar-refractivity contribution in [3.05, 3.63) is 30.1 Å². The van der Waals surface area contributed by atoms with Gasteiger partial charge in [-0.3, -0.25) is 4.98 Å². The van der Waals surface area contributed by atoms with Crippen molar-refractivity contribution in [2.75, 3.05) is 18.1 Å². The Kier molecular flexibility index (Phi) is 6.44. The molecule has 3 heteroatoms. The van der Waals surface area contributed by atoms with E-state index in [1.807, 2.05) is 24.2 Å². The molecule has 0 aliphatic carbocycles. The molecule has 84 valence electrons. The molecule has 0 fully saturated rings. The fraction of sp³-hybridized carbons (Fsp3) is 0.583. The molecule has 1 heterocycles. The molecule has 0 saturated heterocycles. The van der Waals surface area contributed by atoms with Gasteiger partial charge in [-0.05, 0) is 49.1 Å². The van der Waals surface area contributed by atoms with Crippen molar-refractivity contribution < 1.29 is 0 Å². The van der Waals surface area contributed by atoms with Crippen LogP contribution in [0.2, 0.25) is 0 Å². The number of nitrogens with one attached hydrogen (secondary N) is 1. The highest BCUT2D eigenvalue weighted by Crippen LogP contribution is 2.10. The molecule has 1 N–H and O–H groups in total. The molecule has 1 aromatic heterocycles. The molecule has 2 nitrogen and oxygen atoms in total. The van der Waals surface area contributed by atoms with Gasteiger partial charge in [-0.2, -0.15) is 11.8 Å². The predicted molar refractivity (Wildman–Crippen MR) is 68.3 cm³/mol. The number of aromatic nitrogens is 1. The minimum atomic E-state index is 0.430. The summed E-state index contributed by atoms with van der Waals surface area (Å²) < 4.78 is 0. The molecule has 0 spiro atoms. The second kappa shape index (κ2) is 7.71. The Bertz CT molecular complexity index is 251. The van der Waals surface area contributed by atoms with Gasteiger partial charge in [0.25, 0.3) is 0 Å². The maximum Gasteiger partial charge on any atom is 0.0292 e.